The van der Waals surface area contributed by atoms with E-state index >= 15 is 0 Å². The van der Waals surface area contributed by atoms with Gasteiger partial charge in [0.25, 0.3) is 5.91 Å². The number of likely N-dealkylation sites (N-methyl/N-ethyl adjacent to an activating group) is 1. The molecule has 2 aliphatic rings. The van der Waals surface area contributed by atoms with Gasteiger partial charge in [0, 0.05) is 56.2 Å². The molecule has 5 N–H and O–H groups in total. The molecule has 1 aromatic heterocycles. The summed E-state index contributed by atoms with van der Waals surface area (Å²) in [5.41, 5.74) is 13.9. The summed E-state index contributed by atoms with van der Waals surface area (Å²) in [7, 11) is 2.15. The molecule has 0 unspecified atom stereocenters. The Hall–Kier alpha value is -2.91. The topological polar surface area (TPSA) is 117 Å². The Labute approximate surface area is 183 Å². The van der Waals surface area contributed by atoms with Gasteiger partial charge in [-0.2, -0.15) is 0 Å². The zero-order valence-electron chi connectivity index (χ0n) is 18.3. The molecule has 0 radical (unpaired) electrons. The van der Waals surface area contributed by atoms with Crippen molar-refractivity contribution in [3.8, 4) is 0 Å². The molecule has 166 valence electrons. The number of primary amides is 1. The second-order valence-corrected chi connectivity index (χ2v) is 8.49. The highest BCUT2D eigenvalue weighted by atomic mass is 16.1. The fourth-order valence-corrected chi connectivity index (χ4v) is 4.24. The summed E-state index contributed by atoms with van der Waals surface area (Å²) >= 11 is 0. The second kappa shape index (κ2) is 9.07. The predicted octanol–water partition coefficient (Wildman–Crippen LogP) is 1.39. The van der Waals surface area contributed by atoms with Crippen LogP contribution in [0.5, 0.6) is 0 Å². The average Bonchev–Trinajstić information content (AvgIpc) is 2.76. The molecule has 31 heavy (non-hydrogen) atoms. The lowest BCUT2D eigenvalue weighted by Gasteiger charge is -2.38. The number of aromatic nitrogens is 2. The van der Waals surface area contributed by atoms with E-state index in [2.05, 4.69) is 51.1 Å². The van der Waals surface area contributed by atoms with E-state index < -0.39 is 5.91 Å². The number of nitrogens with zero attached hydrogens (tertiary/aromatic N) is 5. The monoisotopic (exact) mass is 424 g/mol. The first-order valence-corrected chi connectivity index (χ1v) is 10.9. The van der Waals surface area contributed by atoms with Gasteiger partial charge < -0.3 is 31.5 Å². The van der Waals surface area contributed by atoms with Crippen LogP contribution in [0.25, 0.3) is 0 Å². The molecule has 2 aliphatic heterocycles. The Balaban J connectivity index is 1.54. The number of hydrogen-bond acceptors (Lipinski definition) is 8. The van der Waals surface area contributed by atoms with Gasteiger partial charge in [-0.1, -0.05) is 0 Å². The van der Waals surface area contributed by atoms with E-state index in [1.165, 1.54) is 5.69 Å². The third-order valence-corrected chi connectivity index (χ3v) is 6.33. The molecule has 0 bridgehead atoms. The first-order valence-electron chi connectivity index (χ1n) is 10.9. The van der Waals surface area contributed by atoms with Gasteiger partial charge in [-0.05, 0) is 51.1 Å². The maximum absolute atomic E-state index is 11.9. The first-order chi connectivity index (χ1) is 14.9. The Bertz CT molecular complexity index is 910. The molecule has 1 amide bonds. The highest BCUT2D eigenvalue weighted by Crippen LogP contribution is 2.27. The average molecular weight is 425 g/mol. The molecule has 3 heterocycles. The van der Waals surface area contributed by atoms with Crippen LogP contribution in [0.15, 0.2) is 30.5 Å². The van der Waals surface area contributed by atoms with Crippen LogP contribution in [-0.2, 0) is 0 Å². The number of carbonyl (C=O) groups is 1. The van der Waals surface area contributed by atoms with Crippen LogP contribution < -0.4 is 26.6 Å². The molecule has 4 rings (SSSR count). The zero-order chi connectivity index (χ0) is 22.0. The van der Waals surface area contributed by atoms with E-state index in [9.17, 15) is 4.79 Å². The highest BCUT2D eigenvalue weighted by molar-refractivity contribution is 5.96. The number of piperidine rings is 1. The maximum Gasteiger partial charge on any atom is 0.271 e. The lowest BCUT2D eigenvalue weighted by molar-refractivity contribution is 0.0996. The number of hydrogen-bond donors (Lipinski definition) is 3. The van der Waals surface area contributed by atoms with Crippen LogP contribution in [0, 0.1) is 0 Å². The van der Waals surface area contributed by atoms with Gasteiger partial charge in [-0.15, -0.1) is 0 Å². The molecule has 9 heteroatoms. The number of benzene rings is 1. The molecule has 0 spiro atoms. The summed E-state index contributed by atoms with van der Waals surface area (Å²) in [6, 6.07) is 8.39. The van der Waals surface area contributed by atoms with Crippen LogP contribution in [0.3, 0.4) is 0 Å². The number of amides is 1. The summed E-state index contributed by atoms with van der Waals surface area (Å²) in [4.78, 5) is 27.8. The van der Waals surface area contributed by atoms with Crippen molar-refractivity contribution in [3.63, 3.8) is 0 Å². The van der Waals surface area contributed by atoms with E-state index in [0.717, 1.165) is 51.3 Å². The van der Waals surface area contributed by atoms with Crippen molar-refractivity contribution >= 4 is 28.9 Å². The number of nitrogens with two attached hydrogens (primary N) is 2. The largest absolute Gasteiger partial charge is 0.369 e. The minimum atomic E-state index is -0.612. The molecule has 2 aromatic rings. The van der Waals surface area contributed by atoms with Crippen LogP contribution in [0.2, 0.25) is 0 Å². The molecule has 0 saturated carbocycles. The molecule has 2 fully saturated rings. The normalized spacial score (nSPS) is 22.4. The van der Waals surface area contributed by atoms with Gasteiger partial charge in [0.2, 0.25) is 0 Å². The van der Waals surface area contributed by atoms with E-state index in [1.54, 1.807) is 6.20 Å². The maximum atomic E-state index is 11.9. The van der Waals surface area contributed by atoms with Crippen molar-refractivity contribution in [1.82, 2.24) is 14.9 Å². The molecule has 2 atom stereocenters. The summed E-state index contributed by atoms with van der Waals surface area (Å²) in [5, 5.41) is 3.24. The quantitative estimate of drug-likeness (QED) is 0.659. The number of piperazine rings is 1. The number of anilines is 4. The number of carbonyl (C=O) groups excluding carboxylic acids is 1. The van der Waals surface area contributed by atoms with Crippen LogP contribution >= 0.6 is 0 Å². The fraction of sp³-hybridized carbons (Fsp3) is 0.500. The number of rotatable bonds is 5. The molecule has 1 aromatic carbocycles. The van der Waals surface area contributed by atoms with Crippen LogP contribution in [0.4, 0.5) is 23.0 Å². The van der Waals surface area contributed by atoms with Crippen molar-refractivity contribution in [2.45, 2.75) is 31.8 Å². The van der Waals surface area contributed by atoms with Crippen LogP contribution in [-0.4, -0.2) is 72.6 Å². The third-order valence-electron chi connectivity index (χ3n) is 6.33. The van der Waals surface area contributed by atoms with E-state index in [-0.39, 0.29) is 17.8 Å². The van der Waals surface area contributed by atoms with Crippen molar-refractivity contribution in [2.24, 2.45) is 11.5 Å². The first kappa shape index (κ1) is 21.3. The summed E-state index contributed by atoms with van der Waals surface area (Å²) in [6.45, 7) is 7.10. The molecule has 9 nitrogen and oxygen atoms in total. The third kappa shape index (κ3) is 4.72. The Morgan fingerprint density at radius 2 is 1.84 bits per heavy atom. The predicted molar refractivity (Wildman–Crippen MR) is 124 cm³/mol. The lowest BCUT2D eigenvalue weighted by Crippen LogP contribution is -2.50. The molecular weight excluding hydrogens is 392 g/mol. The van der Waals surface area contributed by atoms with Gasteiger partial charge in [-0.3, -0.25) is 4.79 Å². The smallest absolute Gasteiger partial charge is 0.271 e. The Morgan fingerprint density at radius 3 is 2.52 bits per heavy atom. The molecule has 0 aliphatic carbocycles. The SMILES string of the molecule is C[C@@H]1[C@H](N)CCCN1c1cnc(C(N)=O)c(Nc2ccc(N3CCN(C)CC3)cc2)n1. The molecule has 2 saturated heterocycles. The fourth-order valence-electron chi connectivity index (χ4n) is 4.24. The lowest BCUT2D eigenvalue weighted by atomic mass is 9.98. The number of nitrogens with one attached hydrogen (secondary N) is 1. The van der Waals surface area contributed by atoms with Gasteiger partial charge in [0.15, 0.2) is 11.5 Å². The van der Waals surface area contributed by atoms with Gasteiger partial charge >= 0.3 is 0 Å². The standard InChI is InChI=1S/C22H32N8O/c1-15-18(23)4-3-9-30(15)19-14-25-20(21(24)31)22(27-19)26-16-5-7-17(8-6-16)29-12-10-28(2)11-13-29/h5-8,14-15,18H,3-4,9-13,23H2,1-2H3,(H2,24,31)(H,26,27)/t15-,18-/m1/s1. The summed E-state index contributed by atoms with van der Waals surface area (Å²) in [6.07, 6.45) is 3.60. The highest BCUT2D eigenvalue weighted by Gasteiger charge is 2.27. The second-order valence-electron chi connectivity index (χ2n) is 8.49. The Kier molecular flexibility index (Phi) is 6.24. The van der Waals surface area contributed by atoms with Crippen molar-refractivity contribution < 1.29 is 4.79 Å². The van der Waals surface area contributed by atoms with Crippen molar-refractivity contribution in [1.29, 1.82) is 0 Å². The van der Waals surface area contributed by atoms with E-state index in [4.69, 9.17) is 16.5 Å². The summed E-state index contributed by atoms with van der Waals surface area (Å²) < 4.78 is 0. The minimum Gasteiger partial charge on any atom is -0.369 e. The van der Waals surface area contributed by atoms with Gasteiger partial charge in [-0.25, -0.2) is 9.97 Å². The van der Waals surface area contributed by atoms with E-state index in [1.807, 2.05) is 12.1 Å². The summed E-state index contributed by atoms with van der Waals surface area (Å²) in [5.74, 6) is 0.451. The van der Waals surface area contributed by atoms with Gasteiger partial charge in [0.05, 0.1) is 6.20 Å². The van der Waals surface area contributed by atoms with Crippen molar-refractivity contribution in [2.75, 3.05) is 54.9 Å². The molecular formula is C22H32N8O. The van der Waals surface area contributed by atoms with Crippen LogP contribution in [0.1, 0.15) is 30.3 Å². The zero-order valence-corrected chi connectivity index (χ0v) is 18.3. The van der Waals surface area contributed by atoms with E-state index in [0.29, 0.717) is 11.6 Å². The Morgan fingerprint density at radius 1 is 1.13 bits per heavy atom. The van der Waals surface area contributed by atoms with Crippen molar-refractivity contribution in [3.05, 3.63) is 36.2 Å². The van der Waals surface area contributed by atoms with Gasteiger partial charge in [0.1, 0.15) is 5.82 Å². The minimum absolute atomic E-state index is 0.0879.